The number of nitrogens with two attached hydrogens (primary N) is 2. The number of nitrogens with zero attached hydrogens (tertiary/aromatic N) is 1. The van der Waals surface area contributed by atoms with Crippen molar-refractivity contribution >= 4 is 6.41 Å². The van der Waals surface area contributed by atoms with Crippen LogP contribution in [0.2, 0.25) is 0 Å². The van der Waals surface area contributed by atoms with Gasteiger partial charge in [0, 0.05) is 39.3 Å². The van der Waals surface area contributed by atoms with Crippen LogP contribution >= 0.6 is 0 Å². The van der Waals surface area contributed by atoms with Crippen LogP contribution in [-0.4, -0.2) is 50.7 Å². The van der Waals surface area contributed by atoms with E-state index in [1.54, 1.807) is 0 Å². The fraction of sp³-hybridized carbons (Fsp3) is 0.857. The third-order valence-electron chi connectivity index (χ3n) is 1.48. The molecule has 0 radical (unpaired) electrons. The molecule has 0 saturated heterocycles. The standard InChI is InChI=1S/C7H19N5O/c8-1-2-10-3-4-11-5-6-12(9)7-13/h7,10-11H,1-6,8-9H2. The second kappa shape index (κ2) is 9.40. The molecule has 6 heteroatoms. The molecule has 1 amide bonds. The molecule has 13 heavy (non-hydrogen) atoms. The van der Waals surface area contributed by atoms with Crippen molar-refractivity contribution in [2.75, 3.05) is 39.3 Å². The molecule has 6 nitrogen and oxygen atoms in total. The smallest absolute Gasteiger partial charge is 0.223 e. The lowest BCUT2D eigenvalue weighted by molar-refractivity contribution is -0.118. The highest BCUT2D eigenvalue weighted by Crippen LogP contribution is 1.67. The van der Waals surface area contributed by atoms with Gasteiger partial charge in [-0.05, 0) is 0 Å². The van der Waals surface area contributed by atoms with E-state index in [2.05, 4.69) is 10.6 Å². The fourth-order valence-electron chi connectivity index (χ4n) is 0.790. The highest BCUT2D eigenvalue weighted by Gasteiger charge is 1.92. The second-order valence-electron chi connectivity index (χ2n) is 2.63. The average molecular weight is 189 g/mol. The van der Waals surface area contributed by atoms with E-state index in [9.17, 15) is 4.79 Å². The minimum atomic E-state index is 0.528. The van der Waals surface area contributed by atoms with Crippen molar-refractivity contribution in [1.82, 2.24) is 15.6 Å². The highest BCUT2D eigenvalue weighted by molar-refractivity contribution is 5.45. The Hall–Kier alpha value is -0.690. The number of hydrogen-bond acceptors (Lipinski definition) is 5. The molecule has 0 bridgehead atoms. The van der Waals surface area contributed by atoms with E-state index in [1.165, 1.54) is 0 Å². The summed E-state index contributed by atoms with van der Waals surface area (Å²) in [5, 5.41) is 7.37. The third-order valence-corrected chi connectivity index (χ3v) is 1.48. The number of amides is 1. The van der Waals surface area contributed by atoms with Gasteiger partial charge in [0.2, 0.25) is 6.41 Å². The molecular weight excluding hydrogens is 170 g/mol. The van der Waals surface area contributed by atoms with E-state index in [4.69, 9.17) is 11.6 Å². The summed E-state index contributed by atoms with van der Waals surface area (Å²) < 4.78 is 0. The Morgan fingerprint density at radius 1 is 1.15 bits per heavy atom. The van der Waals surface area contributed by atoms with Crippen LogP contribution in [0.15, 0.2) is 0 Å². The first-order valence-corrected chi connectivity index (χ1v) is 4.39. The summed E-state index contributed by atoms with van der Waals surface area (Å²) in [4.78, 5) is 10.1. The molecule has 6 N–H and O–H groups in total. The summed E-state index contributed by atoms with van der Waals surface area (Å²) in [5.74, 6) is 5.23. The summed E-state index contributed by atoms with van der Waals surface area (Å²) >= 11 is 0. The third kappa shape index (κ3) is 9.22. The van der Waals surface area contributed by atoms with Gasteiger partial charge in [0.1, 0.15) is 0 Å². The Kier molecular flexibility index (Phi) is 8.90. The summed E-state index contributed by atoms with van der Waals surface area (Å²) in [6, 6.07) is 0. The van der Waals surface area contributed by atoms with E-state index in [0.29, 0.717) is 26.0 Å². The normalized spacial score (nSPS) is 10.0. The molecule has 0 aliphatic carbocycles. The molecule has 78 valence electrons. The molecule has 0 fully saturated rings. The van der Waals surface area contributed by atoms with Gasteiger partial charge in [0.25, 0.3) is 0 Å². The zero-order chi connectivity index (χ0) is 9.94. The van der Waals surface area contributed by atoms with Crippen LogP contribution in [-0.2, 0) is 4.79 Å². The Bertz CT molecular complexity index is 121. The van der Waals surface area contributed by atoms with Crippen LogP contribution in [0.3, 0.4) is 0 Å². The largest absolute Gasteiger partial charge is 0.329 e. The van der Waals surface area contributed by atoms with Crippen molar-refractivity contribution < 1.29 is 4.79 Å². The second-order valence-corrected chi connectivity index (χ2v) is 2.63. The van der Waals surface area contributed by atoms with Crippen molar-refractivity contribution in [2.45, 2.75) is 0 Å². The highest BCUT2D eigenvalue weighted by atomic mass is 16.1. The minimum Gasteiger partial charge on any atom is -0.329 e. The molecule has 0 spiro atoms. The molecule has 0 aromatic carbocycles. The molecule has 0 aliphatic rings. The van der Waals surface area contributed by atoms with Crippen LogP contribution < -0.4 is 22.2 Å². The maximum absolute atomic E-state index is 10.1. The molecule has 0 heterocycles. The van der Waals surface area contributed by atoms with E-state index in [-0.39, 0.29) is 0 Å². The predicted molar refractivity (Wildman–Crippen MR) is 51.8 cm³/mol. The summed E-state index contributed by atoms with van der Waals surface area (Å²) in [6.45, 7) is 4.45. The topological polar surface area (TPSA) is 96.4 Å². The van der Waals surface area contributed by atoms with Gasteiger partial charge in [0.05, 0.1) is 0 Å². The van der Waals surface area contributed by atoms with Crippen molar-refractivity contribution in [3.05, 3.63) is 0 Å². The minimum absolute atomic E-state index is 0.528. The van der Waals surface area contributed by atoms with Gasteiger partial charge in [-0.3, -0.25) is 9.80 Å². The van der Waals surface area contributed by atoms with Gasteiger partial charge in [0.15, 0.2) is 0 Å². The first-order valence-electron chi connectivity index (χ1n) is 4.39. The molecule has 0 aromatic heterocycles. The molecule has 0 rings (SSSR count). The van der Waals surface area contributed by atoms with Crippen LogP contribution in [0.4, 0.5) is 0 Å². The number of hydrazine groups is 1. The van der Waals surface area contributed by atoms with Crippen molar-refractivity contribution in [3.63, 3.8) is 0 Å². The van der Waals surface area contributed by atoms with Gasteiger partial charge in [-0.25, -0.2) is 5.84 Å². The SMILES string of the molecule is NCCNCCNCCN(N)C=O. The van der Waals surface area contributed by atoms with Crippen LogP contribution in [0.5, 0.6) is 0 Å². The number of nitrogens with one attached hydrogen (secondary N) is 2. The van der Waals surface area contributed by atoms with E-state index < -0.39 is 0 Å². The van der Waals surface area contributed by atoms with Crippen molar-refractivity contribution in [2.24, 2.45) is 11.6 Å². The van der Waals surface area contributed by atoms with Crippen LogP contribution in [0.25, 0.3) is 0 Å². The monoisotopic (exact) mass is 189 g/mol. The number of hydrogen-bond donors (Lipinski definition) is 4. The van der Waals surface area contributed by atoms with Crippen molar-refractivity contribution in [1.29, 1.82) is 0 Å². The quantitative estimate of drug-likeness (QED) is 0.105. The number of carbonyl (C=O) groups is 1. The lowest BCUT2D eigenvalue weighted by Crippen LogP contribution is -2.38. The zero-order valence-electron chi connectivity index (χ0n) is 7.83. The molecule has 0 saturated carbocycles. The number of carbonyl (C=O) groups excluding carboxylic acids is 1. The summed E-state index contributed by atoms with van der Waals surface area (Å²) in [5.41, 5.74) is 5.28. The number of rotatable bonds is 9. The first-order chi connectivity index (χ1) is 6.31. The van der Waals surface area contributed by atoms with E-state index in [1.807, 2.05) is 0 Å². The molecular formula is C7H19N5O. The van der Waals surface area contributed by atoms with Gasteiger partial charge in [-0.1, -0.05) is 0 Å². The van der Waals surface area contributed by atoms with Crippen molar-refractivity contribution in [3.8, 4) is 0 Å². The Labute approximate surface area is 78.6 Å². The van der Waals surface area contributed by atoms with E-state index in [0.717, 1.165) is 24.6 Å². The first kappa shape index (κ1) is 12.3. The lowest BCUT2D eigenvalue weighted by atomic mass is 10.5. The predicted octanol–water partition coefficient (Wildman–Crippen LogP) is -2.54. The Morgan fingerprint density at radius 3 is 2.31 bits per heavy atom. The summed E-state index contributed by atoms with van der Waals surface area (Å²) in [6.07, 6.45) is 0.606. The van der Waals surface area contributed by atoms with Gasteiger partial charge in [-0.15, -0.1) is 0 Å². The van der Waals surface area contributed by atoms with Crippen LogP contribution in [0, 0.1) is 0 Å². The van der Waals surface area contributed by atoms with Gasteiger partial charge < -0.3 is 16.4 Å². The lowest BCUT2D eigenvalue weighted by Gasteiger charge is -2.10. The Balaban J connectivity index is 2.95. The molecule has 0 aromatic rings. The summed E-state index contributed by atoms with van der Waals surface area (Å²) in [7, 11) is 0. The van der Waals surface area contributed by atoms with Gasteiger partial charge >= 0.3 is 0 Å². The molecule has 0 atom stereocenters. The van der Waals surface area contributed by atoms with Crippen LogP contribution in [0.1, 0.15) is 0 Å². The van der Waals surface area contributed by atoms with E-state index >= 15 is 0 Å². The Morgan fingerprint density at radius 2 is 1.77 bits per heavy atom. The molecule has 0 aliphatic heterocycles. The zero-order valence-corrected chi connectivity index (χ0v) is 7.83. The molecule has 0 unspecified atom stereocenters. The maximum Gasteiger partial charge on any atom is 0.223 e. The fourth-order valence-corrected chi connectivity index (χ4v) is 0.790. The maximum atomic E-state index is 10.1. The average Bonchev–Trinajstić information content (AvgIpc) is 2.16. The van der Waals surface area contributed by atoms with Gasteiger partial charge in [-0.2, -0.15) is 0 Å².